The molecule has 2 amide bonds. The third-order valence-corrected chi connectivity index (χ3v) is 5.79. The second-order valence-electron chi connectivity index (χ2n) is 8.04. The van der Waals surface area contributed by atoms with E-state index in [1.165, 1.54) is 36.4 Å². The van der Waals surface area contributed by atoms with Crippen molar-refractivity contribution in [1.82, 2.24) is 10.3 Å². The maximum atomic E-state index is 13.7. The number of carbonyl (C=O) groups excluding carboxylic acids is 2. The number of aromatic amines is 1. The molecule has 0 aliphatic carbocycles. The summed E-state index contributed by atoms with van der Waals surface area (Å²) in [5.41, 5.74) is 2.58. The second kappa shape index (κ2) is 11.9. The molecule has 4 aromatic rings. The lowest BCUT2D eigenvalue weighted by Gasteiger charge is -2.10. The van der Waals surface area contributed by atoms with Gasteiger partial charge in [-0.25, -0.2) is 4.39 Å². The first-order valence-corrected chi connectivity index (χ1v) is 11.7. The van der Waals surface area contributed by atoms with Crippen LogP contribution in [0.25, 0.3) is 17.0 Å². The lowest BCUT2D eigenvalue weighted by Crippen LogP contribution is -2.26. The summed E-state index contributed by atoms with van der Waals surface area (Å²) in [5.74, 6) is -1.38. The normalized spacial score (nSPS) is 11.1. The van der Waals surface area contributed by atoms with Gasteiger partial charge in [-0.15, -0.1) is 0 Å². The Bertz CT molecular complexity index is 1520. The quantitative estimate of drug-likeness (QED) is 0.209. The molecular formula is C28H22ClFN4O3. The summed E-state index contributed by atoms with van der Waals surface area (Å²) in [6, 6.07) is 20.2. The van der Waals surface area contributed by atoms with E-state index >= 15 is 0 Å². The average Bonchev–Trinajstić information content (AvgIpc) is 3.31. The predicted molar refractivity (Wildman–Crippen MR) is 141 cm³/mol. The number of nitriles is 1. The van der Waals surface area contributed by atoms with Gasteiger partial charge < -0.3 is 20.4 Å². The molecule has 0 spiro atoms. The van der Waals surface area contributed by atoms with Crippen molar-refractivity contribution in [1.29, 1.82) is 5.26 Å². The number of ether oxygens (including phenoxy) is 1. The van der Waals surface area contributed by atoms with E-state index in [-0.39, 0.29) is 28.6 Å². The van der Waals surface area contributed by atoms with Crippen LogP contribution in [-0.2, 0) is 16.0 Å². The standard InChI is InChI=1S/C28H22ClFN4O3/c29-22-14-18(9-10-26(22)37-17-27(35)34-25-8-4-2-6-23(25)30)13-20(15-31)28(36)32-12-11-19-16-33-24-7-3-1-5-21(19)24/h1-10,13-14,16,33H,11-12,17H2,(H,32,36)(H,34,35)/b20-13-. The van der Waals surface area contributed by atoms with Crippen molar-refractivity contribution in [2.45, 2.75) is 6.42 Å². The number of halogens is 2. The fraction of sp³-hybridized carbons (Fsp3) is 0.107. The Morgan fingerprint density at radius 1 is 1.11 bits per heavy atom. The summed E-state index contributed by atoms with van der Waals surface area (Å²) in [4.78, 5) is 27.8. The number of anilines is 1. The fourth-order valence-corrected chi connectivity index (χ4v) is 3.92. The molecule has 37 heavy (non-hydrogen) atoms. The van der Waals surface area contributed by atoms with E-state index in [9.17, 15) is 19.2 Å². The SMILES string of the molecule is N#C/C(=C/c1ccc(OCC(=O)Nc2ccccc2F)c(Cl)c1)C(=O)NCCc1c[nH]c2ccccc12. The van der Waals surface area contributed by atoms with Gasteiger partial charge in [0.2, 0.25) is 0 Å². The molecule has 3 aromatic carbocycles. The molecule has 0 atom stereocenters. The monoisotopic (exact) mass is 516 g/mol. The van der Waals surface area contributed by atoms with Crippen LogP contribution >= 0.6 is 11.6 Å². The van der Waals surface area contributed by atoms with Gasteiger partial charge >= 0.3 is 0 Å². The molecule has 1 heterocycles. The number of hydrogen-bond acceptors (Lipinski definition) is 4. The van der Waals surface area contributed by atoms with Gasteiger partial charge in [0.05, 0.1) is 10.7 Å². The molecule has 7 nitrogen and oxygen atoms in total. The molecule has 0 unspecified atom stereocenters. The number of amides is 2. The molecule has 0 fully saturated rings. The molecule has 0 radical (unpaired) electrons. The summed E-state index contributed by atoms with van der Waals surface area (Å²) in [5, 5.41) is 15.9. The minimum Gasteiger partial charge on any atom is -0.482 e. The Morgan fingerprint density at radius 3 is 2.68 bits per heavy atom. The molecule has 186 valence electrons. The summed E-state index contributed by atoms with van der Waals surface area (Å²) in [6.45, 7) is -0.0201. The van der Waals surface area contributed by atoms with Crippen LogP contribution < -0.4 is 15.4 Å². The highest BCUT2D eigenvalue weighted by Crippen LogP contribution is 2.26. The van der Waals surface area contributed by atoms with Crippen LogP contribution in [0.15, 0.2) is 78.5 Å². The highest BCUT2D eigenvalue weighted by Gasteiger charge is 2.12. The zero-order chi connectivity index (χ0) is 26.2. The van der Waals surface area contributed by atoms with E-state index in [4.69, 9.17) is 16.3 Å². The highest BCUT2D eigenvalue weighted by atomic mass is 35.5. The number of nitrogens with one attached hydrogen (secondary N) is 3. The zero-order valence-electron chi connectivity index (χ0n) is 19.6. The molecule has 0 aliphatic rings. The first kappa shape index (κ1) is 25.5. The summed E-state index contributed by atoms with van der Waals surface area (Å²) in [7, 11) is 0. The number of carbonyl (C=O) groups is 2. The smallest absolute Gasteiger partial charge is 0.262 e. The van der Waals surface area contributed by atoms with E-state index < -0.39 is 17.6 Å². The first-order chi connectivity index (χ1) is 17.9. The molecule has 9 heteroatoms. The Hall–Kier alpha value is -4.61. The van der Waals surface area contributed by atoms with E-state index in [0.29, 0.717) is 18.5 Å². The maximum Gasteiger partial charge on any atom is 0.262 e. The number of para-hydroxylation sites is 2. The van der Waals surface area contributed by atoms with Gasteiger partial charge in [0.1, 0.15) is 23.2 Å². The zero-order valence-corrected chi connectivity index (χ0v) is 20.3. The molecule has 3 N–H and O–H groups in total. The van der Waals surface area contributed by atoms with Crippen molar-refractivity contribution >= 4 is 46.1 Å². The van der Waals surface area contributed by atoms with Gasteiger partial charge in [-0.05, 0) is 54.0 Å². The Labute approximate surface area is 217 Å². The topological polar surface area (TPSA) is 107 Å². The summed E-state index contributed by atoms with van der Waals surface area (Å²) in [6.07, 6.45) is 3.94. The highest BCUT2D eigenvalue weighted by molar-refractivity contribution is 6.32. The summed E-state index contributed by atoms with van der Waals surface area (Å²) >= 11 is 6.26. The lowest BCUT2D eigenvalue weighted by molar-refractivity contribution is -0.118. The largest absolute Gasteiger partial charge is 0.482 e. The third-order valence-electron chi connectivity index (χ3n) is 5.49. The molecule has 0 saturated heterocycles. The van der Waals surface area contributed by atoms with Crippen LogP contribution in [-0.4, -0.2) is 29.9 Å². The average molecular weight is 517 g/mol. The van der Waals surface area contributed by atoms with Crippen LogP contribution in [0.2, 0.25) is 5.02 Å². The molecular weight excluding hydrogens is 495 g/mol. The minimum atomic E-state index is -0.555. The number of fused-ring (bicyclic) bond motifs is 1. The van der Waals surface area contributed by atoms with Crippen molar-refractivity contribution in [2.24, 2.45) is 0 Å². The predicted octanol–water partition coefficient (Wildman–Crippen LogP) is 5.24. The number of H-pyrrole nitrogens is 1. The molecule has 1 aromatic heterocycles. The maximum absolute atomic E-state index is 13.7. The van der Waals surface area contributed by atoms with Crippen molar-refractivity contribution in [3.05, 3.63) is 100 Å². The number of benzene rings is 3. The van der Waals surface area contributed by atoms with Gasteiger partial charge in [-0.2, -0.15) is 5.26 Å². The van der Waals surface area contributed by atoms with Gasteiger partial charge in [0, 0.05) is 23.6 Å². The lowest BCUT2D eigenvalue weighted by atomic mass is 10.1. The van der Waals surface area contributed by atoms with Gasteiger partial charge in [0.15, 0.2) is 6.61 Å². The van der Waals surface area contributed by atoms with E-state index in [2.05, 4.69) is 15.6 Å². The van der Waals surface area contributed by atoms with Crippen LogP contribution in [0.3, 0.4) is 0 Å². The molecule has 4 rings (SSSR count). The third kappa shape index (κ3) is 6.54. The minimum absolute atomic E-state index is 0.0476. The van der Waals surface area contributed by atoms with Crippen LogP contribution in [0.4, 0.5) is 10.1 Å². The van der Waals surface area contributed by atoms with Crippen molar-refractivity contribution in [3.8, 4) is 11.8 Å². The van der Waals surface area contributed by atoms with Gasteiger partial charge in [-0.3, -0.25) is 9.59 Å². The molecule has 0 aliphatic heterocycles. The Kier molecular flexibility index (Phi) is 8.18. The second-order valence-corrected chi connectivity index (χ2v) is 8.45. The van der Waals surface area contributed by atoms with E-state index in [0.717, 1.165) is 16.5 Å². The van der Waals surface area contributed by atoms with Crippen molar-refractivity contribution in [3.63, 3.8) is 0 Å². The van der Waals surface area contributed by atoms with Crippen LogP contribution in [0.1, 0.15) is 11.1 Å². The van der Waals surface area contributed by atoms with Gasteiger partial charge in [0.25, 0.3) is 11.8 Å². The first-order valence-electron chi connectivity index (χ1n) is 11.4. The molecule has 0 bridgehead atoms. The van der Waals surface area contributed by atoms with E-state index in [1.54, 1.807) is 12.1 Å². The van der Waals surface area contributed by atoms with Crippen LogP contribution in [0, 0.1) is 17.1 Å². The summed E-state index contributed by atoms with van der Waals surface area (Å²) < 4.78 is 19.1. The van der Waals surface area contributed by atoms with Crippen molar-refractivity contribution < 1.29 is 18.7 Å². The van der Waals surface area contributed by atoms with Crippen molar-refractivity contribution in [2.75, 3.05) is 18.5 Å². The Morgan fingerprint density at radius 2 is 1.89 bits per heavy atom. The number of hydrogen-bond donors (Lipinski definition) is 3. The number of nitrogens with zero attached hydrogens (tertiary/aromatic N) is 1. The van der Waals surface area contributed by atoms with E-state index in [1.807, 2.05) is 36.5 Å². The fourth-order valence-electron chi connectivity index (χ4n) is 3.68. The van der Waals surface area contributed by atoms with Crippen LogP contribution in [0.5, 0.6) is 5.75 Å². The number of rotatable bonds is 9. The molecule has 0 saturated carbocycles. The number of aromatic nitrogens is 1. The van der Waals surface area contributed by atoms with Gasteiger partial charge in [-0.1, -0.05) is 48.0 Å². The Balaban J connectivity index is 1.32.